The zero-order valence-electron chi connectivity index (χ0n) is 18.7. The van der Waals surface area contributed by atoms with E-state index in [-0.39, 0.29) is 5.91 Å². The van der Waals surface area contributed by atoms with Crippen LogP contribution in [0.1, 0.15) is 29.6 Å². The van der Waals surface area contributed by atoms with Crippen LogP contribution in [0.2, 0.25) is 0 Å². The van der Waals surface area contributed by atoms with Gasteiger partial charge in [0.2, 0.25) is 0 Å². The summed E-state index contributed by atoms with van der Waals surface area (Å²) in [5.41, 5.74) is 7.32. The molecule has 7 nitrogen and oxygen atoms in total. The maximum atomic E-state index is 12.9. The Morgan fingerprint density at radius 3 is 2.67 bits per heavy atom. The van der Waals surface area contributed by atoms with E-state index in [1.165, 1.54) is 12.8 Å². The Kier molecular flexibility index (Phi) is 7.32. The van der Waals surface area contributed by atoms with Gasteiger partial charge in [0.05, 0.1) is 19.3 Å². The Morgan fingerprint density at radius 1 is 1.06 bits per heavy atom. The molecule has 0 radical (unpaired) electrons. The van der Waals surface area contributed by atoms with Gasteiger partial charge >= 0.3 is 0 Å². The number of hydrogen-bond donors (Lipinski definition) is 3. The average molecular weight is 448 g/mol. The number of methoxy groups -OCH3 is 1. The van der Waals surface area contributed by atoms with Crippen molar-refractivity contribution in [1.82, 2.24) is 5.32 Å². The van der Waals surface area contributed by atoms with Crippen molar-refractivity contribution in [3.8, 4) is 23.0 Å². The van der Waals surface area contributed by atoms with Gasteiger partial charge in [-0.15, -0.1) is 0 Å². The molecule has 1 atom stereocenters. The van der Waals surface area contributed by atoms with Crippen LogP contribution in [0.25, 0.3) is 0 Å². The van der Waals surface area contributed by atoms with Gasteiger partial charge in [0.25, 0.3) is 5.91 Å². The molecule has 1 aliphatic heterocycles. The molecule has 1 unspecified atom stereocenters. The van der Waals surface area contributed by atoms with E-state index in [9.17, 15) is 4.79 Å². The van der Waals surface area contributed by atoms with Crippen molar-refractivity contribution in [2.45, 2.75) is 25.3 Å². The first-order valence-electron chi connectivity index (χ1n) is 11.1. The van der Waals surface area contributed by atoms with Gasteiger partial charge in [0.15, 0.2) is 11.5 Å². The molecule has 1 heterocycles. The number of ether oxygens (including phenoxy) is 3. The second-order valence-corrected chi connectivity index (χ2v) is 7.91. The lowest BCUT2D eigenvalue weighted by Gasteiger charge is -2.15. The van der Waals surface area contributed by atoms with Crippen LogP contribution in [-0.2, 0) is 0 Å². The van der Waals surface area contributed by atoms with Gasteiger partial charge in [-0.1, -0.05) is 18.2 Å². The van der Waals surface area contributed by atoms with Gasteiger partial charge in [-0.2, -0.15) is 0 Å². The van der Waals surface area contributed by atoms with Gasteiger partial charge in [0, 0.05) is 23.5 Å². The fourth-order valence-corrected chi connectivity index (χ4v) is 3.80. The summed E-state index contributed by atoms with van der Waals surface area (Å²) in [5.74, 6) is 2.07. The first kappa shape index (κ1) is 22.5. The molecule has 1 aliphatic rings. The molecule has 33 heavy (non-hydrogen) atoms. The normalized spacial score (nSPS) is 15.1. The Bertz CT molecular complexity index is 1080. The topological polar surface area (TPSA) is 94.8 Å². The summed E-state index contributed by atoms with van der Waals surface area (Å²) in [5, 5.41) is 6.33. The third-order valence-electron chi connectivity index (χ3n) is 5.56. The predicted octanol–water partition coefficient (Wildman–Crippen LogP) is 4.84. The van der Waals surface area contributed by atoms with Crippen molar-refractivity contribution in [2.75, 3.05) is 31.3 Å². The number of nitrogens with one attached hydrogen (secondary N) is 2. The summed E-state index contributed by atoms with van der Waals surface area (Å²) < 4.78 is 17.2. The molecule has 4 N–H and O–H groups in total. The molecule has 3 aromatic carbocycles. The fraction of sp³-hybridized carbons (Fsp3) is 0.269. The molecular formula is C26H29N3O4. The number of nitrogen functional groups attached to an aromatic ring is 1. The van der Waals surface area contributed by atoms with Crippen molar-refractivity contribution in [2.24, 2.45) is 0 Å². The van der Waals surface area contributed by atoms with Gasteiger partial charge in [-0.3, -0.25) is 4.79 Å². The second kappa shape index (κ2) is 10.7. The van der Waals surface area contributed by atoms with Crippen molar-refractivity contribution >= 4 is 17.3 Å². The number of carbonyl (C=O) groups is 1. The zero-order valence-corrected chi connectivity index (χ0v) is 18.7. The maximum Gasteiger partial charge on any atom is 0.257 e. The van der Waals surface area contributed by atoms with Crippen molar-refractivity contribution in [3.05, 3.63) is 72.3 Å². The van der Waals surface area contributed by atoms with Crippen LogP contribution < -0.4 is 30.6 Å². The van der Waals surface area contributed by atoms with Crippen molar-refractivity contribution in [3.63, 3.8) is 0 Å². The Labute approximate surface area is 193 Å². The molecule has 172 valence electrons. The lowest BCUT2D eigenvalue weighted by atomic mass is 10.1. The summed E-state index contributed by atoms with van der Waals surface area (Å²) in [7, 11) is 1.58. The van der Waals surface area contributed by atoms with Gasteiger partial charge < -0.3 is 30.6 Å². The number of carbonyl (C=O) groups excluding carboxylic acids is 1. The third-order valence-corrected chi connectivity index (χ3v) is 5.56. The highest BCUT2D eigenvalue weighted by Crippen LogP contribution is 2.31. The van der Waals surface area contributed by atoms with E-state index < -0.39 is 0 Å². The summed E-state index contributed by atoms with van der Waals surface area (Å²) in [6, 6.07) is 20.2. The number of benzene rings is 3. The highest BCUT2D eigenvalue weighted by molar-refractivity contribution is 6.08. The smallest absolute Gasteiger partial charge is 0.257 e. The molecule has 0 aromatic heterocycles. The molecule has 1 saturated heterocycles. The Hall–Kier alpha value is -3.71. The summed E-state index contributed by atoms with van der Waals surface area (Å²) in [6.07, 6.45) is 3.35. The standard InChI is InChI=1S/C26H29N3O4/c1-31-25-16-19(9-12-24(25)32-15-13-18-6-5-14-28-18)29-26(30)22-17-21(10-11-23(22)27)33-20-7-3-2-4-8-20/h2-4,7-12,16-18,28H,5-6,13-15,27H2,1H3,(H,29,30). The lowest BCUT2D eigenvalue weighted by molar-refractivity contribution is 0.102. The second-order valence-electron chi connectivity index (χ2n) is 7.91. The first-order valence-corrected chi connectivity index (χ1v) is 11.1. The minimum atomic E-state index is -0.339. The van der Waals surface area contributed by atoms with Gasteiger partial charge in [-0.25, -0.2) is 0 Å². The van der Waals surface area contributed by atoms with Crippen molar-refractivity contribution < 1.29 is 19.0 Å². The summed E-state index contributed by atoms with van der Waals surface area (Å²) in [4.78, 5) is 12.9. The monoisotopic (exact) mass is 447 g/mol. The summed E-state index contributed by atoms with van der Waals surface area (Å²) >= 11 is 0. The highest BCUT2D eigenvalue weighted by atomic mass is 16.5. The number of amides is 1. The van der Waals surface area contributed by atoms with Crippen LogP contribution in [0.3, 0.4) is 0 Å². The minimum absolute atomic E-state index is 0.326. The molecule has 0 bridgehead atoms. The molecular weight excluding hydrogens is 418 g/mol. The largest absolute Gasteiger partial charge is 0.493 e. The lowest BCUT2D eigenvalue weighted by Crippen LogP contribution is -2.23. The Balaban J connectivity index is 1.41. The zero-order chi connectivity index (χ0) is 23.0. The molecule has 4 rings (SSSR count). The van der Waals surface area contributed by atoms with Gasteiger partial charge in [-0.05, 0) is 68.3 Å². The van der Waals surface area contributed by atoms with E-state index >= 15 is 0 Å². The van der Waals surface area contributed by atoms with Crippen LogP contribution >= 0.6 is 0 Å². The maximum absolute atomic E-state index is 12.9. The SMILES string of the molecule is COc1cc(NC(=O)c2cc(Oc3ccccc3)ccc2N)ccc1OCCC1CCCN1. The third kappa shape index (κ3) is 5.96. The Morgan fingerprint density at radius 2 is 1.91 bits per heavy atom. The highest BCUT2D eigenvalue weighted by Gasteiger charge is 2.16. The van der Waals surface area contributed by atoms with Crippen molar-refractivity contribution in [1.29, 1.82) is 0 Å². The number of rotatable bonds is 9. The molecule has 7 heteroatoms. The molecule has 0 aliphatic carbocycles. The minimum Gasteiger partial charge on any atom is -0.493 e. The van der Waals surface area contributed by atoms with E-state index in [1.807, 2.05) is 30.3 Å². The molecule has 3 aromatic rings. The summed E-state index contributed by atoms with van der Waals surface area (Å²) in [6.45, 7) is 1.68. The van der Waals surface area contributed by atoms with Crippen LogP contribution in [0.5, 0.6) is 23.0 Å². The van der Waals surface area contributed by atoms with E-state index in [4.69, 9.17) is 19.9 Å². The predicted molar refractivity (Wildman–Crippen MR) is 129 cm³/mol. The molecule has 1 fully saturated rings. The quantitative estimate of drug-likeness (QED) is 0.406. The van der Waals surface area contributed by atoms with E-state index in [1.54, 1.807) is 43.5 Å². The fourth-order valence-electron chi connectivity index (χ4n) is 3.80. The van der Waals surface area contributed by atoms with Crippen LogP contribution in [0, 0.1) is 0 Å². The van der Waals surface area contributed by atoms with Crippen LogP contribution in [0.15, 0.2) is 66.7 Å². The van der Waals surface area contributed by atoms with Crippen LogP contribution in [-0.4, -0.2) is 32.2 Å². The number of anilines is 2. The molecule has 1 amide bonds. The average Bonchev–Trinajstić information content (AvgIpc) is 3.35. The number of hydrogen-bond acceptors (Lipinski definition) is 6. The number of nitrogens with two attached hydrogens (primary N) is 1. The van der Waals surface area contributed by atoms with E-state index in [0.29, 0.717) is 52.6 Å². The molecule has 0 spiro atoms. The van der Waals surface area contributed by atoms with Gasteiger partial charge in [0.1, 0.15) is 11.5 Å². The van der Waals surface area contributed by atoms with Crippen LogP contribution in [0.4, 0.5) is 11.4 Å². The first-order chi connectivity index (χ1) is 16.1. The molecule has 0 saturated carbocycles. The van der Waals surface area contributed by atoms with E-state index in [2.05, 4.69) is 10.6 Å². The number of para-hydroxylation sites is 1. The van der Waals surface area contributed by atoms with E-state index in [0.717, 1.165) is 13.0 Å².